The van der Waals surface area contributed by atoms with E-state index in [0.717, 1.165) is 19.1 Å². The number of carbonyl (C=O) groups is 1. The SMILES string of the molecule is CC(CN)(NC(=O)CCS(C)(=O)=O)C1CC1. The molecule has 0 aromatic rings. The van der Waals surface area contributed by atoms with Gasteiger partial charge in [0.25, 0.3) is 0 Å². The van der Waals surface area contributed by atoms with Crippen molar-refractivity contribution >= 4 is 15.7 Å². The van der Waals surface area contributed by atoms with E-state index in [4.69, 9.17) is 5.73 Å². The molecule has 0 bridgehead atoms. The Bertz CT molecular complexity index is 362. The van der Waals surface area contributed by atoms with Crippen molar-refractivity contribution in [3.8, 4) is 0 Å². The van der Waals surface area contributed by atoms with Crippen LogP contribution < -0.4 is 11.1 Å². The van der Waals surface area contributed by atoms with Crippen molar-refractivity contribution in [2.24, 2.45) is 11.7 Å². The number of amides is 1. The summed E-state index contributed by atoms with van der Waals surface area (Å²) in [6.07, 6.45) is 3.31. The van der Waals surface area contributed by atoms with Crippen LogP contribution in [0.25, 0.3) is 0 Å². The molecule has 3 N–H and O–H groups in total. The number of rotatable bonds is 6. The summed E-state index contributed by atoms with van der Waals surface area (Å²) in [6.45, 7) is 2.31. The molecule has 1 fully saturated rings. The Morgan fingerprint density at radius 3 is 2.44 bits per heavy atom. The lowest BCUT2D eigenvalue weighted by Gasteiger charge is -2.29. The van der Waals surface area contributed by atoms with Gasteiger partial charge in [0, 0.05) is 19.2 Å². The van der Waals surface area contributed by atoms with Crippen LogP contribution in [0.5, 0.6) is 0 Å². The maximum Gasteiger partial charge on any atom is 0.221 e. The number of hydrogen-bond acceptors (Lipinski definition) is 4. The zero-order chi connectivity index (χ0) is 12.4. The fourth-order valence-corrected chi connectivity index (χ4v) is 2.26. The molecule has 1 aliphatic rings. The van der Waals surface area contributed by atoms with Gasteiger partial charge in [-0.15, -0.1) is 0 Å². The maximum absolute atomic E-state index is 11.6. The molecule has 0 radical (unpaired) electrons. The second-order valence-corrected chi connectivity index (χ2v) is 7.08. The van der Waals surface area contributed by atoms with Gasteiger partial charge in [-0.1, -0.05) is 0 Å². The molecule has 0 aromatic carbocycles. The van der Waals surface area contributed by atoms with E-state index in [1.807, 2.05) is 6.92 Å². The molecule has 1 rings (SSSR count). The number of sulfone groups is 1. The average molecular weight is 248 g/mol. The van der Waals surface area contributed by atoms with E-state index in [0.29, 0.717) is 12.5 Å². The molecule has 1 amide bonds. The topological polar surface area (TPSA) is 89.3 Å². The molecule has 1 aliphatic carbocycles. The molecule has 94 valence electrons. The number of hydrogen-bond donors (Lipinski definition) is 2. The highest BCUT2D eigenvalue weighted by molar-refractivity contribution is 7.90. The van der Waals surface area contributed by atoms with Gasteiger partial charge >= 0.3 is 0 Å². The predicted molar refractivity (Wildman–Crippen MR) is 62.7 cm³/mol. The van der Waals surface area contributed by atoms with E-state index in [2.05, 4.69) is 5.32 Å². The van der Waals surface area contributed by atoms with Crippen LogP contribution in [0.1, 0.15) is 26.2 Å². The average Bonchev–Trinajstić information content (AvgIpc) is 2.96. The fraction of sp³-hybridized carbons (Fsp3) is 0.900. The molecule has 0 aromatic heterocycles. The van der Waals surface area contributed by atoms with Gasteiger partial charge in [0.1, 0.15) is 9.84 Å². The monoisotopic (exact) mass is 248 g/mol. The summed E-state index contributed by atoms with van der Waals surface area (Å²) >= 11 is 0. The molecule has 0 heterocycles. The number of nitrogens with one attached hydrogen (secondary N) is 1. The highest BCUT2D eigenvalue weighted by Gasteiger charge is 2.41. The molecule has 0 spiro atoms. The van der Waals surface area contributed by atoms with Crippen LogP contribution in [0.2, 0.25) is 0 Å². The third-order valence-electron chi connectivity index (χ3n) is 3.03. The van der Waals surface area contributed by atoms with E-state index in [1.165, 1.54) is 0 Å². The number of carbonyl (C=O) groups excluding carboxylic acids is 1. The third kappa shape index (κ3) is 4.09. The lowest BCUT2D eigenvalue weighted by Crippen LogP contribution is -2.53. The summed E-state index contributed by atoms with van der Waals surface area (Å²) < 4.78 is 21.8. The molecule has 0 aliphatic heterocycles. The van der Waals surface area contributed by atoms with Crippen molar-refractivity contribution in [2.45, 2.75) is 31.7 Å². The first-order valence-electron chi connectivity index (χ1n) is 5.45. The van der Waals surface area contributed by atoms with E-state index >= 15 is 0 Å². The minimum Gasteiger partial charge on any atom is -0.349 e. The van der Waals surface area contributed by atoms with Gasteiger partial charge in [-0.25, -0.2) is 8.42 Å². The first-order chi connectivity index (χ1) is 7.27. The molecule has 5 nitrogen and oxygen atoms in total. The molecular formula is C10H20N2O3S. The summed E-state index contributed by atoms with van der Waals surface area (Å²) in [5.74, 6) is 0.106. The van der Waals surface area contributed by atoms with Crippen molar-refractivity contribution in [1.29, 1.82) is 0 Å². The van der Waals surface area contributed by atoms with E-state index in [-0.39, 0.29) is 23.6 Å². The van der Waals surface area contributed by atoms with Crippen molar-refractivity contribution in [1.82, 2.24) is 5.32 Å². The van der Waals surface area contributed by atoms with E-state index in [9.17, 15) is 13.2 Å². The highest BCUT2D eigenvalue weighted by atomic mass is 32.2. The van der Waals surface area contributed by atoms with Crippen LogP contribution in [-0.4, -0.2) is 38.4 Å². The normalized spacial score (nSPS) is 20.2. The van der Waals surface area contributed by atoms with E-state index < -0.39 is 9.84 Å². The minimum atomic E-state index is -3.08. The first kappa shape index (κ1) is 13.4. The fourth-order valence-electron chi connectivity index (χ4n) is 1.70. The van der Waals surface area contributed by atoms with Crippen LogP contribution in [-0.2, 0) is 14.6 Å². The second kappa shape index (κ2) is 4.71. The van der Waals surface area contributed by atoms with Gasteiger partial charge in [0.15, 0.2) is 0 Å². The first-order valence-corrected chi connectivity index (χ1v) is 7.52. The second-order valence-electron chi connectivity index (χ2n) is 4.82. The molecule has 0 saturated heterocycles. The van der Waals surface area contributed by atoms with E-state index in [1.54, 1.807) is 0 Å². The summed E-state index contributed by atoms with van der Waals surface area (Å²) in [5.41, 5.74) is 5.28. The zero-order valence-corrected chi connectivity index (χ0v) is 10.6. The van der Waals surface area contributed by atoms with Crippen molar-refractivity contribution in [3.05, 3.63) is 0 Å². The summed E-state index contributed by atoms with van der Waals surface area (Å²) in [7, 11) is -3.08. The molecule has 1 unspecified atom stereocenters. The zero-order valence-electron chi connectivity index (χ0n) is 9.82. The lowest BCUT2D eigenvalue weighted by atomic mass is 9.96. The van der Waals surface area contributed by atoms with Crippen molar-refractivity contribution in [2.75, 3.05) is 18.6 Å². The van der Waals surface area contributed by atoms with Crippen LogP contribution in [0.15, 0.2) is 0 Å². The smallest absolute Gasteiger partial charge is 0.221 e. The molecular weight excluding hydrogens is 228 g/mol. The van der Waals surface area contributed by atoms with Gasteiger partial charge in [0.05, 0.1) is 11.3 Å². The largest absolute Gasteiger partial charge is 0.349 e. The van der Waals surface area contributed by atoms with Gasteiger partial charge in [-0.05, 0) is 25.7 Å². The standard InChI is InChI=1S/C10H20N2O3S/c1-10(7-11,8-3-4-8)12-9(13)5-6-16(2,14)15/h8H,3-7,11H2,1-2H3,(H,12,13). The Kier molecular flexibility index (Phi) is 3.96. The van der Waals surface area contributed by atoms with Gasteiger partial charge in [-0.3, -0.25) is 4.79 Å². The maximum atomic E-state index is 11.6. The predicted octanol–water partition coefficient (Wildman–Crippen LogP) is -0.335. The van der Waals surface area contributed by atoms with Crippen LogP contribution in [0.3, 0.4) is 0 Å². The van der Waals surface area contributed by atoms with Gasteiger partial charge in [0.2, 0.25) is 5.91 Å². The highest BCUT2D eigenvalue weighted by Crippen LogP contribution is 2.38. The van der Waals surface area contributed by atoms with Gasteiger partial charge in [-0.2, -0.15) is 0 Å². The third-order valence-corrected chi connectivity index (χ3v) is 3.97. The Labute approximate surface area is 96.7 Å². The Morgan fingerprint density at radius 1 is 1.50 bits per heavy atom. The van der Waals surface area contributed by atoms with Gasteiger partial charge < -0.3 is 11.1 Å². The molecule has 6 heteroatoms. The molecule has 16 heavy (non-hydrogen) atoms. The Hall–Kier alpha value is -0.620. The number of nitrogens with two attached hydrogens (primary N) is 1. The Morgan fingerprint density at radius 2 is 2.06 bits per heavy atom. The van der Waals surface area contributed by atoms with Crippen LogP contribution in [0, 0.1) is 5.92 Å². The summed E-state index contributed by atoms with van der Waals surface area (Å²) in [4.78, 5) is 11.6. The van der Waals surface area contributed by atoms with Crippen LogP contribution >= 0.6 is 0 Å². The minimum absolute atomic E-state index is 0.0150. The summed E-state index contributed by atoms with van der Waals surface area (Å²) in [5, 5.41) is 2.85. The molecule has 1 saturated carbocycles. The van der Waals surface area contributed by atoms with Crippen molar-refractivity contribution < 1.29 is 13.2 Å². The summed E-state index contributed by atoms with van der Waals surface area (Å²) in [6, 6.07) is 0. The van der Waals surface area contributed by atoms with Crippen molar-refractivity contribution in [3.63, 3.8) is 0 Å². The quantitative estimate of drug-likeness (QED) is 0.673. The molecule has 1 atom stereocenters. The Balaban J connectivity index is 2.43. The van der Waals surface area contributed by atoms with Crippen LogP contribution in [0.4, 0.5) is 0 Å². The lowest BCUT2D eigenvalue weighted by molar-refractivity contribution is -0.122.